The fraction of sp³-hybridized carbons (Fsp3) is 0.500. The van der Waals surface area contributed by atoms with E-state index in [1.807, 2.05) is 6.92 Å². The first-order valence-corrected chi connectivity index (χ1v) is 6.33. The summed E-state index contributed by atoms with van der Waals surface area (Å²) in [6.45, 7) is 5.72. The number of carbonyl (C=O) groups is 1. The summed E-state index contributed by atoms with van der Waals surface area (Å²) in [5.41, 5.74) is 0.481. The van der Waals surface area contributed by atoms with E-state index in [1.54, 1.807) is 0 Å². The minimum atomic E-state index is -0.501. The SMILES string of the molecule is CC(=O)c1cc(F)cc(CN2CCOCC2C)c1O. The highest BCUT2D eigenvalue weighted by Crippen LogP contribution is 2.27. The molecule has 0 aromatic heterocycles. The Morgan fingerprint density at radius 1 is 1.58 bits per heavy atom. The second-order valence-electron chi connectivity index (χ2n) is 4.91. The van der Waals surface area contributed by atoms with E-state index in [4.69, 9.17) is 4.74 Å². The van der Waals surface area contributed by atoms with E-state index in [9.17, 15) is 14.3 Å². The van der Waals surface area contributed by atoms with Crippen LogP contribution in [0.25, 0.3) is 0 Å². The second kappa shape index (κ2) is 5.67. The Bertz CT molecular complexity index is 490. The molecule has 4 nitrogen and oxygen atoms in total. The number of phenolic OH excluding ortho intramolecular Hbond substituents is 1. The molecular weight excluding hydrogens is 249 g/mol. The predicted octanol–water partition coefficient (Wildman–Crippen LogP) is 1.95. The molecule has 0 spiro atoms. The van der Waals surface area contributed by atoms with Crippen LogP contribution in [0.15, 0.2) is 12.1 Å². The lowest BCUT2D eigenvalue weighted by atomic mass is 10.0. The quantitative estimate of drug-likeness (QED) is 0.850. The third-order valence-corrected chi connectivity index (χ3v) is 3.41. The highest BCUT2D eigenvalue weighted by molar-refractivity contribution is 5.97. The van der Waals surface area contributed by atoms with Gasteiger partial charge in [-0.05, 0) is 26.0 Å². The number of aromatic hydroxyl groups is 1. The molecule has 1 aliphatic heterocycles. The number of ketones is 1. The zero-order valence-electron chi connectivity index (χ0n) is 11.1. The lowest BCUT2D eigenvalue weighted by molar-refractivity contribution is -0.00468. The number of Topliss-reactive ketones (excluding diaryl/α,β-unsaturated/α-hetero) is 1. The molecule has 1 aromatic rings. The summed E-state index contributed by atoms with van der Waals surface area (Å²) in [6.07, 6.45) is 0. The van der Waals surface area contributed by atoms with E-state index in [2.05, 4.69) is 4.90 Å². The first-order chi connectivity index (χ1) is 8.99. The van der Waals surface area contributed by atoms with Crippen molar-refractivity contribution in [1.82, 2.24) is 4.90 Å². The largest absolute Gasteiger partial charge is 0.507 e. The van der Waals surface area contributed by atoms with Crippen LogP contribution in [0.1, 0.15) is 29.8 Å². The summed E-state index contributed by atoms with van der Waals surface area (Å²) >= 11 is 0. The van der Waals surface area contributed by atoms with Crippen molar-refractivity contribution in [3.8, 4) is 5.75 Å². The molecule has 1 aromatic carbocycles. The molecule has 0 bridgehead atoms. The topological polar surface area (TPSA) is 49.8 Å². The highest BCUT2D eigenvalue weighted by Gasteiger charge is 2.21. The first kappa shape index (κ1) is 14.0. The van der Waals surface area contributed by atoms with Crippen LogP contribution in [0.5, 0.6) is 5.75 Å². The second-order valence-corrected chi connectivity index (χ2v) is 4.91. The van der Waals surface area contributed by atoms with Crippen LogP contribution in [0.3, 0.4) is 0 Å². The zero-order valence-corrected chi connectivity index (χ0v) is 11.1. The Morgan fingerprint density at radius 3 is 2.95 bits per heavy atom. The standard InChI is InChI=1S/C14H18FNO3/c1-9-8-19-4-3-16(9)7-11-5-12(15)6-13(10(2)17)14(11)18/h5-6,9,18H,3-4,7-8H2,1-2H3. The van der Waals surface area contributed by atoms with Crippen molar-refractivity contribution >= 4 is 5.78 Å². The fourth-order valence-corrected chi connectivity index (χ4v) is 2.26. The Balaban J connectivity index is 2.26. The number of hydrogen-bond acceptors (Lipinski definition) is 4. The van der Waals surface area contributed by atoms with Crippen LogP contribution in [-0.2, 0) is 11.3 Å². The molecule has 5 heteroatoms. The predicted molar refractivity (Wildman–Crippen MR) is 68.8 cm³/mol. The Labute approximate surface area is 111 Å². The number of nitrogens with zero attached hydrogens (tertiary/aromatic N) is 1. The number of halogens is 1. The maximum atomic E-state index is 13.5. The lowest BCUT2D eigenvalue weighted by Crippen LogP contribution is -2.42. The first-order valence-electron chi connectivity index (χ1n) is 6.33. The van der Waals surface area contributed by atoms with Crippen LogP contribution in [0.4, 0.5) is 4.39 Å². The average molecular weight is 267 g/mol. The monoisotopic (exact) mass is 267 g/mol. The summed E-state index contributed by atoms with van der Waals surface area (Å²) in [4.78, 5) is 13.5. The number of rotatable bonds is 3. The molecule has 1 unspecified atom stereocenters. The lowest BCUT2D eigenvalue weighted by Gasteiger charge is -2.33. The Hall–Kier alpha value is -1.46. The smallest absolute Gasteiger partial charge is 0.163 e. The number of morpholine rings is 1. The molecule has 1 saturated heterocycles. The van der Waals surface area contributed by atoms with Crippen LogP contribution < -0.4 is 0 Å². The van der Waals surface area contributed by atoms with Gasteiger partial charge in [-0.1, -0.05) is 0 Å². The van der Waals surface area contributed by atoms with Gasteiger partial charge in [0, 0.05) is 24.7 Å². The molecule has 1 fully saturated rings. The van der Waals surface area contributed by atoms with Crippen molar-refractivity contribution < 1.29 is 19.0 Å². The van der Waals surface area contributed by atoms with Crippen molar-refractivity contribution in [2.24, 2.45) is 0 Å². The fourth-order valence-electron chi connectivity index (χ4n) is 2.26. The van der Waals surface area contributed by atoms with Gasteiger partial charge in [-0.2, -0.15) is 0 Å². The molecule has 19 heavy (non-hydrogen) atoms. The summed E-state index contributed by atoms with van der Waals surface area (Å²) in [5, 5.41) is 10.1. The normalized spacial score (nSPS) is 20.5. The number of benzene rings is 1. The van der Waals surface area contributed by atoms with Crippen molar-refractivity contribution in [3.05, 3.63) is 29.1 Å². The number of hydrogen-bond donors (Lipinski definition) is 1. The van der Waals surface area contributed by atoms with E-state index in [0.717, 1.165) is 12.6 Å². The molecule has 0 saturated carbocycles. The molecule has 1 atom stereocenters. The number of phenols is 1. The van der Waals surface area contributed by atoms with Crippen molar-refractivity contribution in [2.45, 2.75) is 26.4 Å². The molecule has 1 heterocycles. The van der Waals surface area contributed by atoms with Crippen molar-refractivity contribution in [3.63, 3.8) is 0 Å². The molecule has 104 valence electrons. The molecule has 1 N–H and O–H groups in total. The van der Waals surface area contributed by atoms with E-state index < -0.39 is 5.82 Å². The van der Waals surface area contributed by atoms with Gasteiger partial charge in [0.25, 0.3) is 0 Å². The van der Waals surface area contributed by atoms with Gasteiger partial charge in [0.05, 0.1) is 18.8 Å². The van der Waals surface area contributed by atoms with Gasteiger partial charge in [0.2, 0.25) is 0 Å². The molecule has 2 rings (SSSR count). The third kappa shape index (κ3) is 3.11. The van der Waals surface area contributed by atoms with E-state index in [1.165, 1.54) is 13.0 Å². The summed E-state index contributed by atoms with van der Waals surface area (Å²) in [7, 11) is 0. The molecule has 0 radical (unpaired) electrons. The Kier molecular flexibility index (Phi) is 4.17. The Morgan fingerprint density at radius 2 is 2.32 bits per heavy atom. The van der Waals surface area contributed by atoms with Gasteiger partial charge in [-0.3, -0.25) is 9.69 Å². The van der Waals surface area contributed by atoms with Crippen molar-refractivity contribution in [1.29, 1.82) is 0 Å². The number of ether oxygens (including phenoxy) is 1. The number of carbonyl (C=O) groups excluding carboxylic acids is 1. The minimum Gasteiger partial charge on any atom is -0.507 e. The van der Waals surface area contributed by atoms with Crippen LogP contribution in [0.2, 0.25) is 0 Å². The van der Waals surface area contributed by atoms with Crippen LogP contribution in [0, 0.1) is 5.82 Å². The van der Waals surface area contributed by atoms with Crippen molar-refractivity contribution in [2.75, 3.05) is 19.8 Å². The van der Waals surface area contributed by atoms with Gasteiger partial charge in [-0.25, -0.2) is 4.39 Å². The van der Waals surface area contributed by atoms with Gasteiger partial charge in [0.1, 0.15) is 11.6 Å². The summed E-state index contributed by atoms with van der Waals surface area (Å²) in [5.74, 6) is -0.959. The van der Waals surface area contributed by atoms with Crippen LogP contribution >= 0.6 is 0 Å². The van der Waals surface area contributed by atoms with E-state index in [-0.39, 0.29) is 23.1 Å². The van der Waals surface area contributed by atoms with Gasteiger partial charge < -0.3 is 9.84 Å². The van der Waals surface area contributed by atoms with Gasteiger partial charge >= 0.3 is 0 Å². The van der Waals surface area contributed by atoms with Gasteiger partial charge in [0.15, 0.2) is 5.78 Å². The third-order valence-electron chi connectivity index (χ3n) is 3.41. The van der Waals surface area contributed by atoms with E-state index >= 15 is 0 Å². The molecule has 0 amide bonds. The highest BCUT2D eigenvalue weighted by atomic mass is 19.1. The van der Waals surface area contributed by atoms with Crippen LogP contribution in [-0.4, -0.2) is 41.6 Å². The molecule has 0 aliphatic carbocycles. The van der Waals surface area contributed by atoms with Gasteiger partial charge in [-0.15, -0.1) is 0 Å². The zero-order chi connectivity index (χ0) is 14.0. The molecule has 1 aliphatic rings. The summed E-state index contributed by atoms with van der Waals surface area (Å²) < 4.78 is 18.8. The average Bonchev–Trinajstić information content (AvgIpc) is 2.35. The maximum Gasteiger partial charge on any atom is 0.163 e. The molecular formula is C14H18FNO3. The maximum absolute atomic E-state index is 13.5. The minimum absolute atomic E-state index is 0.0379. The van der Waals surface area contributed by atoms with E-state index in [0.29, 0.717) is 25.3 Å². The summed E-state index contributed by atoms with van der Waals surface area (Å²) in [6, 6.07) is 2.56.